The number of hydrogen-bond acceptors (Lipinski definition) is 4. The van der Waals surface area contributed by atoms with Gasteiger partial charge in [-0.1, -0.05) is 29.5 Å². The maximum absolute atomic E-state index is 12.5. The number of nitrogens with zero attached hydrogens (tertiary/aromatic N) is 2. The highest BCUT2D eigenvalue weighted by Crippen LogP contribution is 2.23. The van der Waals surface area contributed by atoms with E-state index in [1.165, 1.54) is 21.9 Å². The zero-order chi connectivity index (χ0) is 14.1. The number of nitrogens with one attached hydrogen (secondary N) is 1. The van der Waals surface area contributed by atoms with Crippen LogP contribution in [0.1, 0.15) is 10.4 Å². The van der Waals surface area contributed by atoms with Crippen molar-refractivity contribution in [2.24, 2.45) is 0 Å². The number of carbonyl (C=O) groups is 1. The van der Waals surface area contributed by atoms with Gasteiger partial charge in [0.25, 0.3) is 11.5 Å². The third-order valence-electron chi connectivity index (χ3n) is 2.89. The van der Waals surface area contributed by atoms with E-state index >= 15 is 0 Å². The monoisotopic (exact) mass is 285 g/mol. The molecule has 0 aliphatic rings. The summed E-state index contributed by atoms with van der Waals surface area (Å²) in [6.45, 7) is 3.83. The van der Waals surface area contributed by atoms with Crippen LogP contribution in [0.3, 0.4) is 0 Å². The Balaban J connectivity index is 2.24. The molecule has 0 atom stereocenters. The third kappa shape index (κ3) is 1.90. The Labute approximate surface area is 118 Å². The number of fused-ring (bicyclic) bond motifs is 3. The Kier molecular flexibility index (Phi) is 3.08. The largest absolute Gasteiger partial charge is 0.348 e. The smallest absolute Gasteiger partial charge is 0.271 e. The molecule has 3 aromatic rings. The lowest BCUT2D eigenvalue weighted by Gasteiger charge is -2.02. The van der Waals surface area contributed by atoms with Gasteiger partial charge in [-0.05, 0) is 12.1 Å². The first-order valence-electron chi connectivity index (χ1n) is 6.01. The van der Waals surface area contributed by atoms with Crippen molar-refractivity contribution in [2.75, 3.05) is 6.54 Å². The number of hydrogen-bond donors (Lipinski definition) is 1. The summed E-state index contributed by atoms with van der Waals surface area (Å²) in [5.74, 6) is -0.438. The molecular formula is C14H11N3O2S. The summed E-state index contributed by atoms with van der Waals surface area (Å²) in [5, 5.41) is 2.59. The first-order valence-corrected chi connectivity index (χ1v) is 6.82. The molecule has 0 spiro atoms. The minimum Gasteiger partial charge on any atom is -0.348 e. The van der Waals surface area contributed by atoms with Crippen LogP contribution in [0, 0.1) is 0 Å². The van der Waals surface area contributed by atoms with Gasteiger partial charge in [-0.15, -0.1) is 6.58 Å². The van der Waals surface area contributed by atoms with E-state index in [4.69, 9.17) is 0 Å². The highest BCUT2D eigenvalue weighted by molar-refractivity contribution is 7.23. The summed E-state index contributed by atoms with van der Waals surface area (Å²) in [7, 11) is 0. The van der Waals surface area contributed by atoms with Gasteiger partial charge in [-0.2, -0.15) is 0 Å². The second-order valence-corrected chi connectivity index (χ2v) is 5.17. The third-order valence-corrected chi connectivity index (χ3v) is 3.92. The molecule has 0 unspecified atom stereocenters. The lowest BCUT2D eigenvalue weighted by atomic mass is 10.3. The fourth-order valence-electron chi connectivity index (χ4n) is 1.97. The number of carbonyl (C=O) groups excluding carboxylic acids is 1. The molecule has 6 heteroatoms. The standard InChI is InChI=1S/C14H11N3O2S/c1-2-7-15-12(18)9-8-16-14-17(13(9)19)10-5-3-4-6-11(10)20-14/h2-6,8H,1,7H2,(H,15,18). The summed E-state index contributed by atoms with van der Waals surface area (Å²) in [6.07, 6.45) is 2.88. The van der Waals surface area contributed by atoms with Crippen LogP contribution < -0.4 is 10.9 Å². The maximum atomic E-state index is 12.5. The number of para-hydroxylation sites is 1. The first-order chi connectivity index (χ1) is 9.72. The van der Waals surface area contributed by atoms with Crippen molar-refractivity contribution >= 4 is 32.4 Å². The summed E-state index contributed by atoms with van der Waals surface area (Å²) < 4.78 is 2.43. The minimum absolute atomic E-state index is 0.0351. The Hall–Kier alpha value is -2.47. The maximum Gasteiger partial charge on any atom is 0.271 e. The van der Waals surface area contributed by atoms with Crippen LogP contribution in [0.5, 0.6) is 0 Å². The lowest BCUT2D eigenvalue weighted by molar-refractivity contribution is 0.0956. The summed E-state index contributed by atoms with van der Waals surface area (Å²) in [6, 6.07) is 7.52. The number of benzene rings is 1. The molecule has 0 saturated heterocycles. The van der Waals surface area contributed by atoms with Gasteiger partial charge in [0.15, 0.2) is 4.96 Å². The van der Waals surface area contributed by atoms with Gasteiger partial charge in [0.1, 0.15) is 5.56 Å². The van der Waals surface area contributed by atoms with Crippen molar-refractivity contribution in [1.82, 2.24) is 14.7 Å². The second kappa shape index (κ2) is 4.90. The van der Waals surface area contributed by atoms with Gasteiger partial charge in [-0.25, -0.2) is 4.98 Å². The number of thiazole rings is 1. The average Bonchev–Trinajstić information content (AvgIpc) is 2.84. The van der Waals surface area contributed by atoms with Gasteiger partial charge < -0.3 is 5.32 Å². The molecule has 2 heterocycles. The second-order valence-electron chi connectivity index (χ2n) is 4.16. The molecule has 0 radical (unpaired) electrons. The zero-order valence-corrected chi connectivity index (χ0v) is 11.3. The molecule has 1 N–H and O–H groups in total. The molecule has 5 nitrogen and oxygen atoms in total. The lowest BCUT2D eigenvalue weighted by Crippen LogP contribution is -2.31. The van der Waals surface area contributed by atoms with E-state index in [2.05, 4.69) is 16.9 Å². The van der Waals surface area contributed by atoms with E-state index in [9.17, 15) is 9.59 Å². The van der Waals surface area contributed by atoms with Crippen molar-refractivity contribution < 1.29 is 4.79 Å². The summed E-state index contributed by atoms with van der Waals surface area (Å²) >= 11 is 1.42. The zero-order valence-electron chi connectivity index (χ0n) is 10.5. The molecule has 1 aromatic carbocycles. The van der Waals surface area contributed by atoms with E-state index in [1.807, 2.05) is 24.3 Å². The highest BCUT2D eigenvalue weighted by atomic mass is 32.1. The van der Waals surface area contributed by atoms with Crippen LogP contribution >= 0.6 is 11.3 Å². The normalized spacial score (nSPS) is 10.8. The van der Waals surface area contributed by atoms with E-state index in [0.717, 1.165) is 10.2 Å². The van der Waals surface area contributed by atoms with Crippen molar-refractivity contribution in [3.05, 3.63) is 59.0 Å². The molecule has 0 aliphatic heterocycles. The van der Waals surface area contributed by atoms with E-state index < -0.39 is 5.91 Å². The van der Waals surface area contributed by atoms with E-state index in [0.29, 0.717) is 11.5 Å². The van der Waals surface area contributed by atoms with Crippen molar-refractivity contribution in [2.45, 2.75) is 0 Å². The summed E-state index contributed by atoms with van der Waals surface area (Å²) in [5.41, 5.74) is 0.449. The van der Waals surface area contributed by atoms with Gasteiger partial charge in [0.05, 0.1) is 10.2 Å². The Bertz CT molecular complexity index is 879. The quantitative estimate of drug-likeness (QED) is 0.747. The van der Waals surface area contributed by atoms with Crippen LogP contribution in [0.2, 0.25) is 0 Å². The van der Waals surface area contributed by atoms with Gasteiger partial charge in [-0.3, -0.25) is 14.0 Å². The van der Waals surface area contributed by atoms with Gasteiger partial charge in [0, 0.05) is 12.7 Å². The van der Waals surface area contributed by atoms with Crippen molar-refractivity contribution in [3.63, 3.8) is 0 Å². The molecule has 0 aliphatic carbocycles. The Morgan fingerprint density at radius 1 is 1.45 bits per heavy atom. The average molecular weight is 285 g/mol. The SMILES string of the molecule is C=CCNC(=O)c1cnc2sc3ccccc3n2c1=O. The molecule has 1 amide bonds. The number of rotatable bonds is 3. The Morgan fingerprint density at radius 3 is 3.05 bits per heavy atom. The number of amides is 1. The molecule has 0 bridgehead atoms. The molecular weight excluding hydrogens is 274 g/mol. The van der Waals surface area contributed by atoms with Crippen LogP contribution in [-0.2, 0) is 0 Å². The first kappa shape index (κ1) is 12.6. The molecule has 0 saturated carbocycles. The fraction of sp³-hybridized carbons (Fsp3) is 0.0714. The Morgan fingerprint density at radius 2 is 2.25 bits per heavy atom. The van der Waals surface area contributed by atoms with E-state index in [-0.39, 0.29) is 11.1 Å². The molecule has 20 heavy (non-hydrogen) atoms. The van der Waals surface area contributed by atoms with Gasteiger partial charge in [0.2, 0.25) is 0 Å². The van der Waals surface area contributed by atoms with E-state index in [1.54, 1.807) is 6.08 Å². The predicted octanol–water partition coefficient (Wildman–Crippen LogP) is 1.82. The molecule has 100 valence electrons. The van der Waals surface area contributed by atoms with Crippen LogP contribution in [0.15, 0.2) is 47.9 Å². The van der Waals surface area contributed by atoms with Crippen molar-refractivity contribution in [1.29, 1.82) is 0 Å². The number of aromatic nitrogens is 2. The molecule has 2 aromatic heterocycles. The minimum atomic E-state index is -0.438. The summed E-state index contributed by atoms with van der Waals surface area (Å²) in [4.78, 5) is 29.2. The van der Waals surface area contributed by atoms with Crippen molar-refractivity contribution in [3.8, 4) is 0 Å². The topological polar surface area (TPSA) is 63.5 Å². The predicted molar refractivity (Wildman–Crippen MR) is 79.4 cm³/mol. The molecule has 0 fully saturated rings. The van der Waals surface area contributed by atoms with Crippen LogP contribution in [0.4, 0.5) is 0 Å². The van der Waals surface area contributed by atoms with Crippen LogP contribution in [0.25, 0.3) is 15.2 Å². The van der Waals surface area contributed by atoms with Gasteiger partial charge >= 0.3 is 0 Å². The van der Waals surface area contributed by atoms with Crippen LogP contribution in [-0.4, -0.2) is 21.8 Å². The highest BCUT2D eigenvalue weighted by Gasteiger charge is 2.15. The molecule has 3 rings (SSSR count). The fourth-order valence-corrected chi connectivity index (χ4v) is 2.95.